The molecule has 19 heavy (non-hydrogen) atoms. The van der Waals surface area contributed by atoms with Crippen LogP contribution in [0.2, 0.25) is 10.2 Å². The summed E-state index contributed by atoms with van der Waals surface area (Å²) in [5.74, 6) is 0.621. The van der Waals surface area contributed by atoms with Crippen molar-refractivity contribution >= 4 is 29.2 Å². The summed E-state index contributed by atoms with van der Waals surface area (Å²) in [7, 11) is 1.88. The number of nitrogens with zero attached hydrogens (tertiary/aromatic N) is 3. The van der Waals surface area contributed by atoms with Gasteiger partial charge in [-0.05, 0) is 18.9 Å². The summed E-state index contributed by atoms with van der Waals surface area (Å²) in [4.78, 5) is 6.62. The number of hydrogen-bond donors (Lipinski definition) is 1. The van der Waals surface area contributed by atoms with Gasteiger partial charge in [0, 0.05) is 25.8 Å². The standard InChI is InChI=1S/C13H20Cl2N4/c1-18-10(8-11(14)12(18)15)9-17-13(16)19-6-4-2-3-5-7-19/h8H,2-7,9H2,1H3,(H2,16,17). The van der Waals surface area contributed by atoms with Gasteiger partial charge >= 0.3 is 0 Å². The van der Waals surface area contributed by atoms with Crippen LogP contribution in [0.5, 0.6) is 0 Å². The van der Waals surface area contributed by atoms with Crippen molar-refractivity contribution in [3.63, 3.8) is 0 Å². The van der Waals surface area contributed by atoms with Gasteiger partial charge in [0.2, 0.25) is 0 Å². The van der Waals surface area contributed by atoms with Crippen molar-refractivity contribution in [2.75, 3.05) is 13.1 Å². The van der Waals surface area contributed by atoms with Crippen molar-refractivity contribution in [2.45, 2.75) is 32.2 Å². The smallest absolute Gasteiger partial charge is 0.191 e. The third-order valence-electron chi connectivity index (χ3n) is 3.55. The van der Waals surface area contributed by atoms with E-state index in [1.807, 2.05) is 17.7 Å². The summed E-state index contributed by atoms with van der Waals surface area (Å²) in [5, 5.41) is 1.10. The minimum absolute atomic E-state index is 0.505. The molecule has 0 aromatic carbocycles. The van der Waals surface area contributed by atoms with Crippen LogP contribution >= 0.6 is 23.2 Å². The van der Waals surface area contributed by atoms with Crippen LogP contribution < -0.4 is 5.73 Å². The normalized spacial score (nSPS) is 17.6. The van der Waals surface area contributed by atoms with E-state index >= 15 is 0 Å². The maximum atomic E-state index is 6.06. The predicted octanol–water partition coefficient (Wildman–Crippen LogP) is 3.02. The number of hydrogen-bond acceptors (Lipinski definition) is 1. The van der Waals surface area contributed by atoms with E-state index < -0.39 is 0 Å². The summed E-state index contributed by atoms with van der Waals surface area (Å²) in [5.41, 5.74) is 7.03. The first-order valence-electron chi connectivity index (χ1n) is 6.64. The monoisotopic (exact) mass is 302 g/mol. The second-order valence-electron chi connectivity index (χ2n) is 4.91. The van der Waals surface area contributed by atoms with Gasteiger partial charge in [-0.2, -0.15) is 0 Å². The van der Waals surface area contributed by atoms with Crippen LogP contribution in [0.4, 0.5) is 0 Å². The van der Waals surface area contributed by atoms with E-state index in [-0.39, 0.29) is 0 Å². The predicted molar refractivity (Wildman–Crippen MR) is 80.8 cm³/mol. The molecule has 1 fully saturated rings. The summed E-state index contributed by atoms with van der Waals surface area (Å²) in [6.07, 6.45) is 4.95. The maximum Gasteiger partial charge on any atom is 0.191 e. The van der Waals surface area contributed by atoms with Crippen molar-refractivity contribution < 1.29 is 0 Å². The van der Waals surface area contributed by atoms with E-state index in [0.717, 1.165) is 18.8 Å². The number of likely N-dealkylation sites (tertiary alicyclic amines) is 1. The molecule has 0 radical (unpaired) electrons. The second-order valence-corrected chi connectivity index (χ2v) is 5.67. The molecule has 0 aliphatic carbocycles. The first kappa shape index (κ1) is 14.5. The molecular formula is C13H20Cl2N4. The largest absolute Gasteiger partial charge is 0.370 e. The fourth-order valence-corrected chi connectivity index (χ4v) is 2.72. The molecule has 0 spiro atoms. The molecule has 0 amide bonds. The molecule has 1 aliphatic heterocycles. The number of guanidine groups is 1. The number of aliphatic imine (C=N–C) groups is 1. The van der Waals surface area contributed by atoms with E-state index in [9.17, 15) is 0 Å². The van der Waals surface area contributed by atoms with Gasteiger partial charge < -0.3 is 15.2 Å². The van der Waals surface area contributed by atoms with Crippen LogP contribution in [0.15, 0.2) is 11.1 Å². The number of aromatic nitrogens is 1. The molecule has 2 heterocycles. The van der Waals surface area contributed by atoms with E-state index in [4.69, 9.17) is 28.9 Å². The van der Waals surface area contributed by atoms with Gasteiger partial charge in [-0.25, -0.2) is 4.99 Å². The molecule has 0 unspecified atom stereocenters. The Bertz CT molecular complexity index is 459. The molecule has 1 aliphatic rings. The van der Waals surface area contributed by atoms with E-state index in [2.05, 4.69) is 9.89 Å². The molecule has 2 rings (SSSR count). The van der Waals surface area contributed by atoms with E-state index in [1.54, 1.807) is 0 Å². The Hall–Kier alpha value is -0.870. The van der Waals surface area contributed by atoms with Crippen molar-refractivity contribution in [2.24, 2.45) is 17.8 Å². The molecule has 0 saturated carbocycles. The average molecular weight is 303 g/mol. The fraction of sp³-hybridized carbons (Fsp3) is 0.615. The van der Waals surface area contributed by atoms with Gasteiger partial charge in [-0.15, -0.1) is 0 Å². The second kappa shape index (κ2) is 6.53. The van der Waals surface area contributed by atoms with Gasteiger partial charge in [-0.1, -0.05) is 36.0 Å². The third kappa shape index (κ3) is 3.57. The molecule has 0 atom stereocenters. The number of rotatable bonds is 2. The first-order chi connectivity index (χ1) is 9.09. The first-order valence-corrected chi connectivity index (χ1v) is 7.39. The lowest BCUT2D eigenvalue weighted by molar-refractivity contribution is 0.428. The average Bonchev–Trinajstić information content (AvgIpc) is 2.65. The molecule has 0 bridgehead atoms. The van der Waals surface area contributed by atoms with Crippen molar-refractivity contribution in [1.82, 2.24) is 9.47 Å². The summed E-state index contributed by atoms with van der Waals surface area (Å²) < 4.78 is 1.84. The molecule has 1 aromatic rings. The number of nitrogens with two attached hydrogens (primary N) is 1. The van der Waals surface area contributed by atoms with Crippen LogP contribution in [-0.2, 0) is 13.6 Å². The Morgan fingerprint density at radius 1 is 1.26 bits per heavy atom. The third-order valence-corrected chi connectivity index (χ3v) is 4.39. The zero-order valence-corrected chi connectivity index (χ0v) is 12.7. The van der Waals surface area contributed by atoms with Crippen LogP contribution in [0.25, 0.3) is 0 Å². The van der Waals surface area contributed by atoms with Crippen LogP contribution in [-0.4, -0.2) is 28.5 Å². The lowest BCUT2D eigenvalue weighted by Gasteiger charge is -2.21. The lowest BCUT2D eigenvalue weighted by Crippen LogP contribution is -2.38. The highest BCUT2D eigenvalue weighted by atomic mass is 35.5. The van der Waals surface area contributed by atoms with E-state index in [0.29, 0.717) is 22.7 Å². The van der Waals surface area contributed by atoms with Crippen LogP contribution in [0.1, 0.15) is 31.4 Å². The maximum absolute atomic E-state index is 6.06. The van der Waals surface area contributed by atoms with E-state index in [1.165, 1.54) is 25.7 Å². The van der Waals surface area contributed by atoms with Gasteiger partial charge in [-0.3, -0.25) is 0 Å². The van der Waals surface area contributed by atoms with Crippen molar-refractivity contribution in [1.29, 1.82) is 0 Å². The molecular weight excluding hydrogens is 283 g/mol. The highest BCUT2D eigenvalue weighted by Crippen LogP contribution is 2.25. The molecule has 1 saturated heterocycles. The Morgan fingerprint density at radius 3 is 2.42 bits per heavy atom. The Balaban J connectivity index is 2.02. The summed E-state index contributed by atoms with van der Waals surface area (Å²) in [6, 6.07) is 1.84. The van der Waals surface area contributed by atoms with Crippen LogP contribution in [0, 0.1) is 0 Å². The van der Waals surface area contributed by atoms with Gasteiger partial charge in [0.1, 0.15) is 5.15 Å². The Morgan fingerprint density at radius 2 is 1.89 bits per heavy atom. The molecule has 1 aromatic heterocycles. The summed E-state index contributed by atoms with van der Waals surface area (Å²) in [6.45, 7) is 2.51. The van der Waals surface area contributed by atoms with Gasteiger partial charge in [0.25, 0.3) is 0 Å². The quantitative estimate of drug-likeness (QED) is 0.674. The highest BCUT2D eigenvalue weighted by molar-refractivity contribution is 6.41. The van der Waals surface area contributed by atoms with Crippen molar-refractivity contribution in [3.8, 4) is 0 Å². The zero-order valence-electron chi connectivity index (χ0n) is 11.2. The SMILES string of the molecule is Cn1c(CN=C(N)N2CCCCCC2)cc(Cl)c1Cl. The molecule has 4 nitrogen and oxygen atoms in total. The summed E-state index contributed by atoms with van der Waals surface area (Å²) >= 11 is 12.0. The lowest BCUT2D eigenvalue weighted by atomic mass is 10.2. The zero-order chi connectivity index (χ0) is 13.8. The topological polar surface area (TPSA) is 46.6 Å². The fourth-order valence-electron chi connectivity index (χ4n) is 2.30. The van der Waals surface area contributed by atoms with Gasteiger partial charge in [0.15, 0.2) is 5.96 Å². The molecule has 6 heteroatoms. The minimum Gasteiger partial charge on any atom is -0.370 e. The Labute approximate surface area is 124 Å². The Kier molecular flexibility index (Phi) is 4.99. The van der Waals surface area contributed by atoms with Gasteiger partial charge in [0.05, 0.1) is 11.6 Å². The van der Waals surface area contributed by atoms with Crippen molar-refractivity contribution in [3.05, 3.63) is 21.9 Å². The molecule has 2 N–H and O–H groups in total. The minimum atomic E-state index is 0.505. The van der Waals surface area contributed by atoms with Crippen LogP contribution in [0.3, 0.4) is 0 Å². The molecule has 106 valence electrons. The number of halogens is 2. The highest BCUT2D eigenvalue weighted by Gasteiger charge is 2.12.